The lowest BCUT2D eigenvalue weighted by Gasteiger charge is -2.32. The zero-order valence-electron chi connectivity index (χ0n) is 11.2. The number of hydrogen-bond acceptors (Lipinski definition) is 5. The second kappa shape index (κ2) is 5.15. The maximum atomic E-state index is 11.3. The van der Waals surface area contributed by atoms with Gasteiger partial charge in [-0.3, -0.25) is 0 Å². The van der Waals surface area contributed by atoms with Crippen molar-refractivity contribution in [3.8, 4) is 0 Å². The van der Waals surface area contributed by atoms with Crippen molar-refractivity contribution in [1.82, 2.24) is 10.2 Å². The number of methoxy groups -OCH3 is 1. The summed E-state index contributed by atoms with van der Waals surface area (Å²) >= 11 is 0. The predicted molar refractivity (Wildman–Crippen MR) is 71.1 cm³/mol. The summed E-state index contributed by atoms with van der Waals surface area (Å²) in [5.74, 6) is 1.27. The molecule has 19 heavy (non-hydrogen) atoms. The molecule has 0 aromatic carbocycles. The van der Waals surface area contributed by atoms with Crippen LogP contribution in [0.15, 0.2) is 12.1 Å². The number of carbonyl (C=O) groups excluding carboxylic acids is 1. The van der Waals surface area contributed by atoms with Crippen molar-refractivity contribution >= 4 is 11.8 Å². The minimum atomic E-state index is -0.434. The van der Waals surface area contributed by atoms with Gasteiger partial charge < -0.3 is 9.64 Å². The quantitative estimate of drug-likeness (QED) is 0.762. The highest BCUT2D eigenvalue weighted by Crippen LogP contribution is 2.37. The van der Waals surface area contributed by atoms with Gasteiger partial charge in [-0.1, -0.05) is 12.8 Å². The Balaban J connectivity index is 1.77. The van der Waals surface area contributed by atoms with E-state index in [-0.39, 0.29) is 5.69 Å². The van der Waals surface area contributed by atoms with Gasteiger partial charge in [0.1, 0.15) is 0 Å². The molecule has 2 fully saturated rings. The van der Waals surface area contributed by atoms with E-state index in [4.69, 9.17) is 0 Å². The van der Waals surface area contributed by atoms with Gasteiger partial charge in [-0.05, 0) is 37.3 Å². The third-order valence-electron chi connectivity index (χ3n) is 4.35. The summed E-state index contributed by atoms with van der Waals surface area (Å²) in [6.07, 6.45) is 6.53. The molecule has 0 amide bonds. The van der Waals surface area contributed by atoms with Gasteiger partial charge in [0, 0.05) is 12.6 Å². The van der Waals surface area contributed by atoms with E-state index in [9.17, 15) is 4.79 Å². The second-order valence-electron chi connectivity index (χ2n) is 5.36. The normalized spacial score (nSPS) is 26.1. The highest BCUT2D eigenvalue weighted by Gasteiger charge is 2.36. The molecule has 5 nitrogen and oxygen atoms in total. The number of ether oxygens (including phenoxy) is 1. The summed E-state index contributed by atoms with van der Waals surface area (Å²) in [5, 5.41) is 8.16. The fraction of sp³-hybridized carbons (Fsp3) is 0.643. The molecule has 1 aliphatic heterocycles. The van der Waals surface area contributed by atoms with Crippen molar-refractivity contribution in [3.63, 3.8) is 0 Å². The van der Waals surface area contributed by atoms with Crippen molar-refractivity contribution in [2.24, 2.45) is 5.92 Å². The van der Waals surface area contributed by atoms with Crippen molar-refractivity contribution < 1.29 is 9.53 Å². The standard InChI is InChI=1S/C14H19N3O2/c1-19-14(18)11-6-7-13(16-15-11)17-9-8-10-4-2-3-5-12(10)17/h6-7,10,12H,2-5,8-9H2,1H3/t10-,12-/m0/s1. The van der Waals surface area contributed by atoms with Crippen LogP contribution in [0.4, 0.5) is 5.82 Å². The van der Waals surface area contributed by atoms with Crippen LogP contribution in [0.5, 0.6) is 0 Å². The third-order valence-corrected chi connectivity index (χ3v) is 4.35. The molecule has 2 heterocycles. The summed E-state index contributed by atoms with van der Waals surface area (Å²) in [7, 11) is 1.35. The molecule has 0 unspecified atom stereocenters. The summed E-state index contributed by atoms with van der Waals surface area (Å²) in [6, 6.07) is 4.20. The molecule has 5 heteroatoms. The van der Waals surface area contributed by atoms with Gasteiger partial charge in [0.2, 0.25) is 0 Å². The fourth-order valence-corrected chi connectivity index (χ4v) is 3.38. The van der Waals surface area contributed by atoms with Crippen molar-refractivity contribution in [2.75, 3.05) is 18.6 Å². The van der Waals surface area contributed by atoms with E-state index < -0.39 is 5.97 Å². The lowest BCUT2D eigenvalue weighted by atomic mass is 9.85. The van der Waals surface area contributed by atoms with Gasteiger partial charge in [-0.2, -0.15) is 0 Å². The number of carbonyl (C=O) groups is 1. The number of fused-ring (bicyclic) bond motifs is 1. The maximum Gasteiger partial charge on any atom is 0.358 e. The Morgan fingerprint density at radius 3 is 2.84 bits per heavy atom. The predicted octanol–water partition coefficient (Wildman–Crippen LogP) is 2.03. The second-order valence-corrected chi connectivity index (χ2v) is 5.36. The first-order valence-electron chi connectivity index (χ1n) is 6.98. The van der Waals surface area contributed by atoms with Crippen LogP contribution in [0.2, 0.25) is 0 Å². The van der Waals surface area contributed by atoms with E-state index in [0.717, 1.165) is 18.3 Å². The van der Waals surface area contributed by atoms with Crippen LogP contribution < -0.4 is 4.90 Å². The first-order valence-corrected chi connectivity index (χ1v) is 6.98. The van der Waals surface area contributed by atoms with E-state index in [2.05, 4.69) is 19.8 Å². The van der Waals surface area contributed by atoms with Gasteiger partial charge >= 0.3 is 5.97 Å². The maximum absolute atomic E-state index is 11.3. The first kappa shape index (κ1) is 12.4. The number of anilines is 1. The van der Waals surface area contributed by atoms with E-state index in [1.807, 2.05) is 6.07 Å². The number of hydrogen-bond donors (Lipinski definition) is 0. The lowest BCUT2D eigenvalue weighted by Crippen LogP contribution is -2.35. The minimum absolute atomic E-state index is 0.269. The van der Waals surface area contributed by atoms with E-state index in [0.29, 0.717) is 6.04 Å². The molecule has 0 N–H and O–H groups in total. The number of esters is 1. The Morgan fingerprint density at radius 1 is 1.26 bits per heavy atom. The molecule has 0 radical (unpaired) electrons. The van der Waals surface area contributed by atoms with Crippen molar-refractivity contribution in [1.29, 1.82) is 0 Å². The Hall–Kier alpha value is -1.65. The Bertz CT molecular complexity index is 460. The molecule has 1 saturated carbocycles. The Kier molecular flexibility index (Phi) is 3.36. The molecule has 1 aromatic rings. The van der Waals surface area contributed by atoms with E-state index in [1.54, 1.807) is 6.07 Å². The highest BCUT2D eigenvalue weighted by molar-refractivity contribution is 5.86. The molecule has 2 atom stereocenters. The molecule has 0 spiro atoms. The third kappa shape index (κ3) is 2.29. The van der Waals surface area contributed by atoms with Crippen LogP contribution in [0.25, 0.3) is 0 Å². The largest absolute Gasteiger partial charge is 0.464 e. The van der Waals surface area contributed by atoms with E-state index >= 15 is 0 Å². The first-order chi connectivity index (χ1) is 9.29. The van der Waals surface area contributed by atoms with E-state index in [1.165, 1.54) is 39.2 Å². The van der Waals surface area contributed by atoms with Crippen LogP contribution in [0.3, 0.4) is 0 Å². The van der Waals surface area contributed by atoms with Crippen LogP contribution in [0.1, 0.15) is 42.6 Å². The average Bonchev–Trinajstić information content (AvgIpc) is 2.90. The summed E-state index contributed by atoms with van der Waals surface area (Å²) in [6.45, 7) is 1.06. The zero-order valence-corrected chi connectivity index (χ0v) is 11.2. The van der Waals surface area contributed by atoms with Gasteiger partial charge in [-0.15, -0.1) is 10.2 Å². The number of rotatable bonds is 2. The van der Waals surface area contributed by atoms with Gasteiger partial charge in [0.15, 0.2) is 11.5 Å². The van der Waals surface area contributed by atoms with Gasteiger partial charge in [-0.25, -0.2) is 4.79 Å². The monoisotopic (exact) mass is 261 g/mol. The van der Waals surface area contributed by atoms with Gasteiger partial charge in [0.05, 0.1) is 7.11 Å². The molecular weight excluding hydrogens is 242 g/mol. The number of aromatic nitrogens is 2. The molecule has 3 rings (SSSR count). The van der Waals surface area contributed by atoms with Crippen LogP contribution >= 0.6 is 0 Å². The summed E-state index contributed by atoms with van der Waals surface area (Å²) < 4.78 is 4.63. The van der Waals surface area contributed by atoms with Gasteiger partial charge in [0.25, 0.3) is 0 Å². The smallest absolute Gasteiger partial charge is 0.358 e. The number of nitrogens with zero attached hydrogens (tertiary/aromatic N) is 3. The van der Waals surface area contributed by atoms with Crippen LogP contribution in [-0.2, 0) is 4.74 Å². The highest BCUT2D eigenvalue weighted by atomic mass is 16.5. The Labute approximate surface area is 113 Å². The Morgan fingerprint density at radius 2 is 2.11 bits per heavy atom. The molecule has 2 aliphatic rings. The zero-order chi connectivity index (χ0) is 13.2. The molecule has 102 valence electrons. The molecular formula is C14H19N3O2. The average molecular weight is 261 g/mol. The fourth-order valence-electron chi connectivity index (χ4n) is 3.38. The van der Waals surface area contributed by atoms with Crippen LogP contribution in [-0.4, -0.2) is 35.9 Å². The van der Waals surface area contributed by atoms with Crippen LogP contribution in [0, 0.1) is 5.92 Å². The molecule has 1 saturated heterocycles. The summed E-state index contributed by atoms with van der Waals surface area (Å²) in [4.78, 5) is 13.7. The summed E-state index contributed by atoms with van der Waals surface area (Å²) in [5.41, 5.74) is 0.269. The lowest BCUT2D eigenvalue weighted by molar-refractivity contribution is 0.0592. The molecule has 1 aliphatic carbocycles. The van der Waals surface area contributed by atoms with Crippen molar-refractivity contribution in [3.05, 3.63) is 17.8 Å². The SMILES string of the molecule is COC(=O)c1ccc(N2CC[C@@H]3CCCC[C@@H]32)nn1. The topological polar surface area (TPSA) is 55.3 Å². The molecule has 0 bridgehead atoms. The van der Waals surface area contributed by atoms with Crippen molar-refractivity contribution in [2.45, 2.75) is 38.1 Å². The molecule has 1 aromatic heterocycles. The minimum Gasteiger partial charge on any atom is -0.464 e.